The van der Waals surface area contributed by atoms with Crippen molar-refractivity contribution in [2.75, 3.05) is 5.32 Å². The van der Waals surface area contributed by atoms with Gasteiger partial charge in [-0.15, -0.1) is 0 Å². The number of rotatable bonds is 2. The molecule has 4 rings (SSSR count). The molecule has 0 fully saturated rings. The molecular weight excluding hydrogens is 274 g/mol. The molecule has 1 aliphatic heterocycles. The highest BCUT2D eigenvalue weighted by Crippen LogP contribution is 2.36. The average molecular weight is 291 g/mol. The Bertz CT molecular complexity index is 763. The Hall–Kier alpha value is -2.69. The summed E-state index contributed by atoms with van der Waals surface area (Å²) in [6.45, 7) is 2.10. The van der Waals surface area contributed by atoms with Crippen molar-refractivity contribution in [3.63, 3.8) is 0 Å². The lowest BCUT2D eigenvalue weighted by Gasteiger charge is -2.31. The van der Waals surface area contributed by atoms with Gasteiger partial charge in [-0.2, -0.15) is 0 Å². The lowest BCUT2D eigenvalue weighted by Crippen LogP contribution is -2.28. The van der Waals surface area contributed by atoms with Crippen molar-refractivity contribution < 1.29 is 0 Å². The molecule has 5 nitrogen and oxygen atoms in total. The van der Waals surface area contributed by atoms with Crippen molar-refractivity contribution in [2.24, 2.45) is 0 Å². The predicted octanol–water partition coefficient (Wildman–Crippen LogP) is 3.13. The molecule has 1 aliphatic rings. The maximum atomic E-state index is 4.15. The number of fused-ring (bicyclic) bond motifs is 1. The SMILES string of the molecule is Cc1ccc(C2CC(c3ccccc3)n3nnnc3N2)cc1. The zero-order valence-corrected chi connectivity index (χ0v) is 12.3. The predicted molar refractivity (Wildman–Crippen MR) is 84.6 cm³/mol. The molecule has 5 heteroatoms. The fourth-order valence-corrected chi connectivity index (χ4v) is 3.01. The van der Waals surface area contributed by atoms with Gasteiger partial charge in [-0.25, -0.2) is 4.68 Å². The molecule has 1 aromatic heterocycles. The van der Waals surface area contributed by atoms with Gasteiger partial charge >= 0.3 is 0 Å². The van der Waals surface area contributed by atoms with E-state index in [2.05, 4.69) is 76.3 Å². The van der Waals surface area contributed by atoms with E-state index < -0.39 is 0 Å². The molecular formula is C17H17N5. The summed E-state index contributed by atoms with van der Waals surface area (Å²) in [7, 11) is 0. The molecule has 22 heavy (non-hydrogen) atoms. The Balaban J connectivity index is 1.72. The number of aryl methyl sites for hydroxylation is 1. The van der Waals surface area contributed by atoms with Crippen LogP contribution in [-0.4, -0.2) is 20.2 Å². The Kier molecular flexibility index (Phi) is 3.11. The fraction of sp³-hybridized carbons (Fsp3) is 0.235. The molecule has 110 valence electrons. The van der Waals surface area contributed by atoms with E-state index in [1.807, 2.05) is 10.7 Å². The minimum Gasteiger partial charge on any atom is -0.346 e. The minimum absolute atomic E-state index is 0.152. The molecule has 0 bridgehead atoms. The van der Waals surface area contributed by atoms with Crippen LogP contribution < -0.4 is 5.32 Å². The largest absolute Gasteiger partial charge is 0.346 e. The molecule has 0 saturated carbocycles. The average Bonchev–Trinajstić information content (AvgIpc) is 3.04. The number of tetrazole rings is 1. The van der Waals surface area contributed by atoms with Crippen LogP contribution in [0.3, 0.4) is 0 Å². The molecule has 0 spiro atoms. The second kappa shape index (κ2) is 5.26. The number of nitrogens with one attached hydrogen (secondary N) is 1. The first-order chi connectivity index (χ1) is 10.8. The molecule has 2 aromatic carbocycles. The maximum Gasteiger partial charge on any atom is 0.243 e. The second-order valence-corrected chi connectivity index (χ2v) is 5.72. The Labute approximate surface area is 129 Å². The minimum atomic E-state index is 0.152. The van der Waals surface area contributed by atoms with Gasteiger partial charge in [0.2, 0.25) is 5.95 Å². The molecule has 2 heterocycles. The van der Waals surface area contributed by atoms with Gasteiger partial charge in [0, 0.05) is 0 Å². The quantitative estimate of drug-likeness (QED) is 0.788. The first kappa shape index (κ1) is 13.0. The summed E-state index contributed by atoms with van der Waals surface area (Å²) >= 11 is 0. The van der Waals surface area contributed by atoms with Gasteiger partial charge in [0.25, 0.3) is 0 Å². The summed E-state index contributed by atoms with van der Waals surface area (Å²) < 4.78 is 1.88. The van der Waals surface area contributed by atoms with E-state index in [0.29, 0.717) is 0 Å². The summed E-state index contributed by atoms with van der Waals surface area (Å²) in [5.41, 5.74) is 3.76. The Morgan fingerprint density at radius 1 is 1.00 bits per heavy atom. The van der Waals surface area contributed by atoms with Gasteiger partial charge in [0.1, 0.15) is 0 Å². The third-order valence-corrected chi connectivity index (χ3v) is 4.21. The zero-order chi connectivity index (χ0) is 14.9. The number of aromatic nitrogens is 4. The maximum absolute atomic E-state index is 4.15. The second-order valence-electron chi connectivity index (χ2n) is 5.72. The molecule has 0 radical (unpaired) electrons. The molecule has 0 aliphatic carbocycles. The van der Waals surface area contributed by atoms with Gasteiger partial charge < -0.3 is 5.32 Å². The van der Waals surface area contributed by atoms with Crippen LogP contribution in [0, 0.1) is 6.92 Å². The topological polar surface area (TPSA) is 55.6 Å². The molecule has 1 N–H and O–H groups in total. The third kappa shape index (κ3) is 2.24. The van der Waals surface area contributed by atoms with Gasteiger partial charge in [-0.1, -0.05) is 65.3 Å². The molecule has 0 saturated heterocycles. The van der Waals surface area contributed by atoms with E-state index >= 15 is 0 Å². The van der Waals surface area contributed by atoms with E-state index in [0.717, 1.165) is 12.4 Å². The summed E-state index contributed by atoms with van der Waals surface area (Å²) in [4.78, 5) is 0. The smallest absolute Gasteiger partial charge is 0.243 e. The van der Waals surface area contributed by atoms with Crippen molar-refractivity contribution >= 4 is 5.95 Å². The molecule has 2 unspecified atom stereocenters. The van der Waals surface area contributed by atoms with Crippen molar-refractivity contribution in [3.05, 3.63) is 71.3 Å². The van der Waals surface area contributed by atoms with Crippen LogP contribution in [0.25, 0.3) is 0 Å². The van der Waals surface area contributed by atoms with E-state index in [9.17, 15) is 0 Å². The van der Waals surface area contributed by atoms with Crippen LogP contribution in [0.5, 0.6) is 0 Å². The Morgan fingerprint density at radius 3 is 2.55 bits per heavy atom. The Morgan fingerprint density at radius 2 is 1.77 bits per heavy atom. The van der Waals surface area contributed by atoms with Gasteiger partial charge in [0.15, 0.2) is 0 Å². The third-order valence-electron chi connectivity index (χ3n) is 4.21. The van der Waals surface area contributed by atoms with E-state index in [-0.39, 0.29) is 12.1 Å². The molecule has 2 atom stereocenters. The van der Waals surface area contributed by atoms with Crippen LogP contribution in [-0.2, 0) is 0 Å². The highest BCUT2D eigenvalue weighted by molar-refractivity contribution is 5.38. The first-order valence-corrected chi connectivity index (χ1v) is 7.47. The van der Waals surface area contributed by atoms with Crippen LogP contribution in [0.4, 0.5) is 5.95 Å². The summed E-state index contributed by atoms with van der Waals surface area (Å²) in [5, 5.41) is 15.5. The van der Waals surface area contributed by atoms with Crippen molar-refractivity contribution in [3.8, 4) is 0 Å². The van der Waals surface area contributed by atoms with Crippen molar-refractivity contribution in [2.45, 2.75) is 25.4 Å². The van der Waals surface area contributed by atoms with Crippen molar-refractivity contribution in [1.29, 1.82) is 0 Å². The van der Waals surface area contributed by atoms with Gasteiger partial charge in [-0.3, -0.25) is 0 Å². The lowest BCUT2D eigenvalue weighted by atomic mass is 9.93. The summed E-state index contributed by atoms with van der Waals surface area (Å²) in [6.07, 6.45) is 0.922. The van der Waals surface area contributed by atoms with Crippen LogP contribution in [0.15, 0.2) is 54.6 Å². The van der Waals surface area contributed by atoms with Crippen LogP contribution in [0.1, 0.15) is 35.2 Å². The monoisotopic (exact) mass is 291 g/mol. The lowest BCUT2D eigenvalue weighted by molar-refractivity contribution is 0.424. The van der Waals surface area contributed by atoms with E-state index in [1.165, 1.54) is 16.7 Å². The van der Waals surface area contributed by atoms with E-state index in [4.69, 9.17) is 0 Å². The molecule has 3 aromatic rings. The fourth-order valence-electron chi connectivity index (χ4n) is 3.01. The highest BCUT2D eigenvalue weighted by atomic mass is 15.6. The van der Waals surface area contributed by atoms with Gasteiger partial charge in [-0.05, 0) is 34.9 Å². The van der Waals surface area contributed by atoms with Crippen LogP contribution in [0.2, 0.25) is 0 Å². The van der Waals surface area contributed by atoms with E-state index in [1.54, 1.807) is 0 Å². The summed E-state index contributed by atoms with van der Waals surface area (Å²) in [5.74, 6) is 0.727. The number of anilines is 1. The van der Waals surface area contributed by atoms with Gasteiger partial charge in [0.05, 0.1) is 12.1 Å². The number of hydrogen-bond donors (Lipinski definition) is 1. The first-order valence-electron chi connectivity index (χ1n) is 7.47. The van der Waals surface area contributed by atoms with Crippen molar-refractivity contribution in [1.82, 2.24) is 20.2 Å². The number of nitrogens with zero attached hydrogens (tertiary/aromatic N) is 4. The number of benzene rings is 2. The highest BCUT2D eigenvalue weighted by Gasteiger charge is 2.30. The standard InChI is InChI=1S/C17H17N5/c1-12-7-9-13(10-8-12)15-11-16(14-5-3-2-4-6-14)22-17(18-15)19-20-21-22/h2-10,15-16H,11H2,1H3,(H,18,19,21). The van der Waals surface area contributed by atoms with Crippen LogP contribution >= 0.6 is 0 Å². The number of hydrogen-bond acceptors (Lipinski definition) is 4. The zero-order valence-electron chi connectivity index (χ0n) is 12.3. The molecule has 0 amide bonds. The normalized spacial score (nSPS) is 20.2. The summed E-state index contributed by atoms with van der Waals surface area (Å²) in [6, 6.07) is 19.4.